The van der Waals surface area contributed by atoms with Crippen LogP contribution < -0.4 is 15.4 Å². The smallest absolute Gasteiger partial charge is 0.274 e. The number of ether oxygens (including phenoxy) is 2. The molecule has 0 radical (unpaired) electrons. The highest BCUT2D eigenvalue weighted by molar-refractivity contribution is 6.05. The summed E-state index contributed by atoms with van der Waals surface area (Å²) in [7, 11) is 3.14. The first-order chi connectivity index (χ1) is 18.2. The highest BCUT2D eigenvalue weighted by atomic mass is 16.5. The van der Waals surface area contributed by atoms with Gasteiger partial charge in [0.25, 0.3) is 5.91 Å². The van der Waals surface area contributed by atoms with Crippen molar-refractivity contribution < 1.29 is 24.2 Å². The Morgan fingerprint density at radius 2 is 1.95 bits per heavy atom. The maximum Gasteiger partial charge on any atom is 0.274 e. The molecule has 0 atom stereocenters. The highest BCUT2D eigenvalue weighted by Crippen LogP contribution is 2.31. The summed E-state index contributed by atoms with van der Waals surface area (Å²) in [6.07, 6.45) is 3.33. The number of amides is 2. The molecule has 204 valence electrons. The van der Waals surface area contributed by atoms with Crippen molar-refractivity contribution >= 4 is 34.2 Å². The van der Waals surface area contributed by atoms with Gasteiger partial charge in [-0.2, -0.15) is 5.10 Å². The van der Waals surface area contributed by atoms with E-state index < -0.39 is 5.60 Å². The number of benzene rings is 1. The number of hydrogen-bond acceptors (Lipinski definition) is 8. The molecule has 0 bridgehead atoms. The Balaban J connectivity index is 1.44. The molecule has 11 heteroatoms. The first-order valence-electron chi connectivity index (χ1n) is 12.7. The minimum absolute atomic E-state index is 0.0161. The molecule has 0 saturated carbocycles. The lowest BCUT2D eigenvalue weighted by Crippen LogP contribution is -2.45. The topological polar surface area (TPSA) is 131 Å². The second-order valence-electron chi connectivity index (χ2n) is 10.0. The lowest BCUT2D eigenvalue weighted by Gasteiger charge is -2.37. The Labute approximate surface area is 222 Å². The number of piperidine rings is 1. The van der Waals surface area contributed by atoms with Gasteiger partial charge in [-0.3, -0.25) is 14.3 Å². The molecule has 0 spiro atoms. The lowest BCUT2D eigenvalue weighted by atomic mass is 9.83. The van der Waals surface area contributed by atoms with E-state index in [0.717, 1.165) is 18.2 Å². The zero-order valence-corrected chi connectivity index (χ0v) is 22.4. The lowest BCUT2D eigenvalue weighted by molar-refractivity contribution is -0.134. The third-order valence-electron chi connectivity index (χ3n) is 6.86. The van der Waals surface area contributed by atoms with E-state index in [4.69, 9.17) is 9.47 Å². The number of anilines is 2. The van der Waals surface area contributed by atoms with Gasteiger partial charge in [-0.15, -0.1) is 0 Å². The molecular weight excluding hydrogens is 488 g/mol. The van der Waals surface area contributed by atoms with E-state index in [-0.39, 0.29) is 30.0 Å². The third kappa shape index (κ3) is 6.59. The van der Waals surface area contributed by atoms with Gasteiger partial charge in [0.05, 0.1) is 30.5 Å². The van der Waals surface area contributed by atoms with Gasteiger partial charge in [0, 0.05) is 44.4 Å². The minimum Gasteiger partial charge on any atom is -0.494 e. The first-order valence-corrected chi connectivity index (χ1v) is 12.7. The number of methoxy groups -OCH3 is 2. The maximum atomic E-state index is 12.9. The van der Waals surface area contributed by atoms with Gasteiger partial charge in [-0.25, -0.2) is 4.98 Å². The van der Waals surface area contributed by atoms with Gasteiger partial charge in [-0.1, -0.05) is 6.07 Å². The predicted octanol–water partition coefficient (Wildman–Crippen LogP) is 2.76. The number of aromatic nitrogens is 3. The standard InChI is InChI=1S/C27H36N6O5/c1-27(2,36)19-8-11-32(12-9-19)25(34)17-33-16-18-14-22(23(38-4)15-21(18)31-33)30-26(35)20-6-5-7-24(29-20)28-10-13-37-3/h5-7,14-16,19,36H,8-13,17H2,1-4H3,(H,28,29)(H,30,35). The number of hydrogen-bond donors (Lipinski definition) is 3. The van der Waals surface area contributed by atoms with Crippen molar-refractivity contribution in [1.29, 1.82) is 0 Å². The number of aliphatic hydroxyl groups is 1. The fourth-order valence-corrected chi connectivity index (χ4v) is 4.65. The van der Waals surface area contributed by atoms with E-state index >= 15 is 0 Å². The van der Waals surface area contributed by atoms with Crippen LogP contribution in [0.2, 0.25) is 0 Å². The summed E-state index contributed by atoms with van der Waals surface area (Å²) in [5.41, 5.74) is 0.644. The number of pyridine rings is 1. The first kappa shape index (κ1) is 27.3. The molecular formula is C27H36N6O5. The second kappa shape index (κ2) is 11.8. The molecule has 1 aliphatic rings. The van der Waals surface area contributed by atoms with Gasteiger partial charge < -0.3 is 30.1 Å². The van der Waals surface area contributed by atoms with Crippen LogP contribution in [0.3, 0.4) is 0 Å². The summed E-state index contributed by atoms with van der Waals surface area (Å²) in [6, 6.07) is 8.68. The number of carbonyl (C=O) groups excluding carboxylic acids is 2. The Morgan fingerprint density at radius 1 is 1.18 bits per heavy atom. The number of rotatable bonds is 10. The van der Waals surface area contributed by atoms with Crippen LogP contribution in [0.5, 0.6) is 5.75 Å². The SMILES string of the molecule is COCCNc1cccc(C(=O)Nc2cc3cn(CC(=O)N4CCC(C(C)(C)O)CC4)nc3cc2OC)n1. The normalized spacial score (nSPS) is 14.5. The van der Waals surface area contributed by atoms with Crippen molar-refractivity contribution in [3.63, 3.8) is 0 Å². The van der Waals surface area contributed by atoms with E-state index in [2.05, 4.69) is 20.7 Å². The van der Waals surface area contributed by atoms with Crippen LogP contribution >= 0.6 is 0 Å². The van der Waals surface area contributed by atoms with Crippen molar-refractivity contribution in [1.82, 2.24) is 19.7 Å². The average molecular weight is 525 g/mol. The molecule has 0 aliphatic carbocycles. The molecule has 2 aromatic heterocycles. The zero-order valence-electron chi connectivity index (χ0n) is 22.4. The summed E-state index contributed by atoms with van der Waals surface area (Å²) in [4.78, 5) is 32.0. The number of likely N-dealkylation sites (tertiary alicyclic amines) is 1. The summed E-state index contributed by atoms with van der Waals surface area (Å²) in [5, 5.41) is 21.5. The Hall–Kier alpha value is -3.70. The maximum absolute atomic E-state index is 12.9. The predicted molar refractivity (Wildman–Crippen MR) is 144 cm³/mol. The molecule has 38 heavy (non-hydrogen) atoms. The molecule has 11 nitrogen and oxygen atoms in total. The van der Waals surface area contributed by atoms with E-state index in [1.54, 1.807) is 48.3 Å². The summed E-state index contributed by atoms with van der Waals surface area (Å²) >= 11 is 0. The van der Waals surface area contributed by atoms with Crippen LogP contribution in [0.15, 0.2) is 36.5 Å². The average Bonchev–Trinajstić information content (AvgIpc) is 3.29. The summed E-state index contributed by atoms with van der Waals surface area (Å²) in [6.45, 7) is 6.10. The molecule has 0 unspecified atom stereocenters. The monoisotopic (exact) mass is 524 g/mol. The molecule has 1 fully saturated rings. The molecule has 1 saturated heterocycles. The van der Waals surface area contributed by atoms with Gasteiger partial charge in [0.1, 0.15) is 23.8 Å². The molecule has 3 heterocycles. The van der Waals surface area contributed by atoms with Crippen LogP contribution in [0.25, 0.3) is 10.9 Å². The highest BCUT2D eigenvalue weighted by Gasteiger charge is 2.32. The number of nitrogens with zero attached hydrogens (tertiary/aromatic N) is 4. The molecule has 2 amide bonds. The fraction of sp³-hybridized carbons (Fsp3) is 0.481. The Morgan fingerprint density at radius 3 is 2.63 bits per heavy atom. The molecule has 3 aromatic rings. The van der Waals surface area contributed by atoms with Crippen molar-refractivity contribution in [2.24, 2.45) is 5.92 Å². The number of carbonyl (C=O) groups is 2. The Bertz CT molecular complexity index is 1280. The van der Waals surface area contributed by atoms with Crippen molar-refractivity contribution in [3.05, 3.63) is 42.2 Å². The van der Waals surface area contributed by atoms with Crippen LogP contribution in [-0.2, 0) is 16.1 Å². The Kier molecular flexibility index (Phi) is 8.48. The van der Waals surface area contributed by atoms with Crippen LogP contribution in [-0.4, -0.2) is 82.6 Å². The van der Waals surface area contributed by atoms with Crippen molar-refractivity contribution in [3.8, 4) is 5.75 Å². The van der Waals surface area contributed by atoms with Crippen LogP contribution in [0, 0.1) is 5.92 Å². The quantitative estimate of drug-likeness (QED) is 0.345. The van der Waals surface area contributed by atoms with Crippen molar-refractivity contribution in [2.75, 3.05) is 51.1 Å². The molecule has 4 rings (SSSR count). The van der Waals surface area contributed by atoms with Gasteiger partial charge >= 0.3 is 0 Å². The number of fused-ring (bicyclic) bond motifs is 1. The largest absolute Gasteiger partial charge is 0.494 e. The van der Waals surface area contributed by atoms with Gasteiger partial charge in [0.2, 0.25) is 5.91 Å². The van der Waals surface area contributed by atoms with Gasteiger partial charge in [-0.05, 0) is 50.8 Å². The van der Waals surface area contributed by atoms with E-state index in [1.807, 2.05) is 18.7 Å². The zero-order chi connectivity index (χ0) is 27.3. The van der Waals surface area contributed by atoms with E-state index in [1.165, 1.54) is 7.11 Å². The molecule has 1 aliphatic heterocycles. The van der Waals surface area contributed by atoms with E-state index in [0.29, 0.717) is 49.0 Å². The third-order valence-corrected chi connectivity index (χ3v) is 6.86. The second-order valence-corrected chi connectivity index (χ2v) is 10.0. The fourth-order valence-electron chi connectivity index (χ4n) is 4.65. The van der Waals surface area contributed by atoms with Crippen LogP contribution in [0.4, 0.5) is 11.5 Å². The summed E-state index contributed by atoms with van der Waals surface area (Å²) < 4.78 is 12.1. The molecule has 1 aromatic carbocycles. The van der Waals surface area contributed by atoms with Gasteiger partial charge in [0.15, 0.2) is 0 Å². The summed E-state index contributed by atoms with van der Waals surface area (Å²) in [5.74, 6) is 0.815. The van der Waals surface area contributed by atoms with Crippen molar-refractivity contribution in [2.45, 2.75) is 38.8 Å². The minimum atomic E-state index is -0.735. The van der Waals surface area contributed by atoms with Crippen LogP contribution in [0.1, 0.15) is 37.2 Å². The number of nitrogens with one attached hydrogen (secondary N) is 2. The molecule has 3 N–H and O–H groups in total. The van der Waals surface area contributed by atoms with E-state index in [9.17, 15) is 14.7 Å².